The first-order valence-corrected chi connectivity index (χ1v) is 4.19. The molecule has 0 N–H and O–H groups in total. The first kappa shape index (κ1) is 13.6. The van der Waals surface area contributed by atoms with Crippen molar-refractivity contribution in [2.24, 2.45) is 0 Å². The van der Waals surface area contributed by atoms with Gasteiger partial charge in [-0.05, 0) is 13.8 Å². The van der Waals surface area contributed by atoms with Gasteiger partial charge in [-0.15, -0.1) is 0 Å². The van der Waals surface area contributed by atoms with Crippen molar-refractivity contribution >= 4 is 11.6 Å². The van der Waals surface area contributed by atoms with Gasteiger partial charge >= 0.3 is 29.6 Å². The molecule has 1 aromatic rings. The average Bonchev–Trinajstić information content (AvgIpc) is 2.04. The van der Waals surface area contributed by atoms with Crippen LogP contribution in [0.25, 0.3) is 0 Å². The molecule has 0 aliphatic carbocycles. The summed E-state index contributed by atoms with van der Waals surface area (Å²) in [4.78, 5) is 22.0. The van der Waals surface area contributed by atoms with E-state index in [2.05, 4.69) is 0 Å². The second-order valence-corrected chi connectivity index (χ2v) is 3.17. The number of hydrogen-bond donors (Lipinski definition) is 0. The molecule has 0 heterocycles. The van der Waals surface area contributed by atoms with E-state index in [0.29, 0.717) is 5.56 Å². The molecular formula is C11H13NaO2. The smallest absolute Gasteiger partial charge is 1.00 e. The number of benzene rings is 1. The zero-order valence-electron chi connectivity index (χ0n) is 9.83. The van der Waals surface area contributed by atoms with Gasteiger partial charge < -0.3 is 1.43 Å². The fraction of sp³-hybridized carbons (Fsp3) is 0.273. The molecule has 0 atom stereocenters. The van der Waals surface area contributed by atoms with Crippen LogP contribution in [-0.4, -0.2) is 11.6 Å². The number of aryl methyl sites for hydroxylation is 1. The van der Waals surface area contributed by atoms with E-state index in [-0.39, 0.29) is 49.0 Å². The van der Waals surface area contributed by atoms with Gasteiger partial charge in [0.05, 0.1) is 6.42 Å². The summed E-state index contributed by atoms with van der Waals surface area (Å²) in [7, 11) is 0. The molecule has 0 saturated heterocycles. The van der Waals surface area contributed by atoms with Gasteiger partial charge in [-0.3, -0.25) is 9.59 Å². The molecule has 0 spiro atoms. The Morgan fingerprint density at radius 3 is 2.14 bits per heavy atom. The number of carbonyl (C=O) groups excluding carboxylic acids is 2. The van der Waals surface area contributed by atoms with Crippen molar-refractivity contribution in [3.05, 3.63) is 35.4 Å². The summed E-state index contributed by atoms with van der Waals surface area (Å²) < 4.78 is 0. The predicted octanol–water partition coefficient (Wildman–Crippen LogP) is -0.727. The van der Waals surface area contributed by atoms with Gasteiger partial charge in [-0.1, -0.05) is 29.8 Å². The molecule has 14 heavy (non-hydrogen) atoms. The van der Waals surface area contributed by atoms with E-state index in [1.54, 1.807) is 12.1 Å². The summed E-state index contributed by atoms with van der Waals surface area (Å²) >= 11 is 0. The fourth-order valence-electron chi connectivity index (χ4n) is 1.07. The quantitative estimate of drug-likeness (QED) is 0.366. The molecule has 3 heteroatoms. The molecule has 0 radical (unpaired) electrons. The third-order valence-corrected chi connectivity index (χ3v) is 1.78. The van der Waals surface area contributed by atoms with E-state index in [1.165, 1.54) is 6.92 Å². The Kier molecular flexibility index (Phi) is 5.93. The van der Waals surface area contributed by atoms with Crippen molar-refractivity contribution in [3.8, 4) is 0 Å². The number of carbonyl (C=O) groups is 2. The van der Waals surface area contributed by atoms with Gasteiger partial charge in [0.2, 0.25) is 0 Å². The average molecular weight is 200 g/mol. The molecule has 0 unspecified atom stereocenters. The third kappa shape index (κ3) is 4.18. The van der Waals surface area contributed by atoms with Crippen LogP contribution in [0.2, 0.25) is 0 Å². The fourth-order valence-corrected chi connectivity index (χ4v) is 1.07. The Labute approximate surface area is 107 Å². The second-order valence-electron chi connectivity index (χ2n) is 3.17. The minimum absolute atomic E-state index is 0. The van der Waals surface area contributed by atoms with Crippen LogP contribution < -0.4 is 29.6 Å². The molecule has 0 amide bonds. The maximum absolute atomic E-state index is 11.3. The number of hydrogen-bond acceptors (Lipinski definition) is 2. The monoisotopic (exact) mass is 200 g/mol. The van der Waals surface area contributed by atoms with Gasteiger partial charge in [-0.25, -0.2) is 0 Å². The Morgan fingerprint density at radius 1 is 1.21 bits per heavy atom. The standard InChI is InChI=1S/C11H12O2.Na.H/c1-8-3-5-10(6-4-8)11(13)7-9(2)12;;/h3-6H,7H2,1-2H3;;/q;+1;-1. The van der Waals surface area contributed by atoms with Gasteiger partial charge in [-0.2, -0.15) is 0 Å². The number of ketones is 2. The predicted molar refractivity (Wildman–Crippen MR) is 51.9 cm³/mol. The maximum Gasteiger partial charge on any atom is 1.00 e. The summed E-state index contributed by atoms with van der Waals surface area (Å²) in [6.45, 7) is 3.38. The van der Waals surface area contributed by atoms with E-state index in [1.807, 2.05) is 19.1 Å². The van der Waals surface area contributed by atoms with Crippen LogP contribution in [0.5, 0.6) is 0 Å². The topological polar surface area (TPSA) is 34.1 Å². The molecule has 2 nitrogen and oxygen atoms in total. The summed E-state index contributed by atoms with van der Waals surface area (Å²) in [6, 6.07) is 7.24. The molecule has 1 aromatic carbocycles. The van der Waals surface area contributed by atoms with Crippen LogP contribution in [0.4, 0.5) is 0 Å². The largest absolute Gasteiger partial charge is 1.00 e. The number of rotatable bonds is 3. The number of Topliss-reactive ketones (excluding diaryl/α,β-unsaturated/α-hetero) is 2. The van der Waals surface area contributed by atoms with E-state index in [0.717, 1.165) is 5.56 Å². The van der Waals surface area contributed by atoms with Crippen LogP contribution in [0, 0.1) is 6.92 Å². The molecule has 0 aliphatic rings. The van der Waals surface area contributed by atoms with Crippen LogP contribution in [-0.2, 0) is 4.79 Å². The van der Waals surface area contributed by atoms with Crippen LogP contribution in [0.3, 0.4) is 0 Å². The Morgan fingerprint density at radius 2 is 1.71 bits per heavy atom. The molecule has 0 aromatic heterocycles. The van der Waals surface area contributed by atoms with E-state index in [4.69, 9.17) is 0 Å². The minimum atomic E-state index is -0.104. The summed E-state index contributed by atoms with van der Waals surface area (Å²) in [5, 5.41) is 0. The Bertz CT molecular complexity index is 333. The minimum Gasteiger partial charge on any atom is -1.00 e. The van der Waals surface area contributed by atoms with E-state index in [9.17, 15) is 9.59 Å². The normalized spacial score (nSPS) is 9.00. The molecule has 70 valence electrons. The van der Waals surface area contributed by atoms with Gasteiger partial charge in [0.1, 0.15) is 5.78 Å². The van der Waals surface area contributed by atoms with Crippen LogP contribution >= 0.6 is 0 Å². The van der Waals surface area contributed by atoms with Crippen molar-refractivity contribution in [1.29, 1.82) is 0 Å². The van der Waals surface area contributed by atoms with Crippen molar-refractivity contribution in [1.82, 2.24) is 0 Å². The Balaban J connectivity index is 0. The van der Waals surface area contributed by atoms with Crippen LogP contribution in [0.1, 0.15) is 30.7 Å². The SMILES string of the molecule is CC(=O)CC(=O)c1ccc(C)cc1.[H-].[Na+]. The second kappa shape index (κ2) is 6.12. The van der Waals surface area contributed by atoms with E-state index < -0.39 is 0 Å². The van der Waals surface area contributed by atoms with Gasteiger partial charge in [0.15, 0.2) is 5.78 Å². The molecule has 0 bridgehead atoms. The van der Waals surface area contributed by atoms with E-state index >= 15 is 0 Å². The maximum atomic E-state index is 11.3. The zero-order chi connectivity index (χ0) is 9.84. The molecule has 1 rings (SSSR count). The molecular weight excluding hydrogens is 187 g/mol. The third-order valence-electron chi connectivity index (χ3n) is 1.78. The molecule has 0 aliphatic heterocycles. The Hall–Kier alpha value is -0.440. The summed E-state index contributed by atoms with van der Waals surface area (Å²) in [5.74, 6) is -0.196. The summed E-state index contributed by atoms with van der Waals surface area (Å²) in [6.07, 6.45) is 0.00304. The first-order valence-electron chi connectivity index (χ1n) is 4.19. The zero-order valence-corrected chi connectivity index (χ0v) is 10.8. The van der Waals surface area contributed by atoms with Crippen molar-refractivity contribution in [2.45, 2.75) is 20.3 Å². The van der Waals surface area contributed by atoms with Gasteiger partial charge in [0, 0.05) is 5.56 Å². The van der Waals surface area contributed by atoms with Gasteiger partial charge in [0.25, 0.3) is 0 Å². The first-order chi connectivity index (χ1) is 6.09. The molecule has 0 fully saturated rings. The van der Waals surface area contributed by atoms with Crippen LogP contribution in [0.15, 0.2) is 24.3 Å². The summed E-state index contributed by atoms with van der Waals surface area (Å²) in [5.41, 5.74) is 1.72. The van der Waals surface area contributed by atoms with Crippen molar-refractivity contribution in [2.75, 3.05) is 0 Å². The van der Waals surface area contributed by atoms with Crippen molar-refractivity contribution in [3.63, 3.8) is 0 Å². The van der Waals surface area contributed by atoms with Crippen molar-refractivity contribution < 1.29 is 40.6 Å². The molecule has 0 saturated carbocycles.